The number of amides is 1. The first-order valence-electron chi connectivity index (χ1n) is 5.99. The van der Waals surface area contributed by atoms with E-state index in [0.717, 1.165) is 12.8 Å². The zero-order chi connectivity index (χ0) is 13.1. The molecule has 18 heavy (non-hydrogen) atoms. The number of aromatic nitrogens is 3. The molecular weight excluding hydrogens is 236 g/mol. The van der Waals surface area contributed by atoms with E-state index in [-0.39, 0.29) is 17.8 Å². The van der Waals surface area contributed by atoms with Gasteiger partial charge in [0.05, 0.1) is 5.92 Å². The minimum absolute atomic E-state index is 0.194. The Kier molecular flexibility index (Phi) is 3.59. The van der Waals surface area contributed by atoms with Crippen LogP contribution in [0.5, 0.6) is 0 Å². The van der Waals surface area contributed by atoms with Gasteiger partial charge in [-0.2, -0.15) is 4.98 Å². The predicted octanol–water partition coefficient (Wildman–Crippen LogP) is 0.943. The van der Waals surface area contributed by atoms with Gasteiger partial charge >= 0.3 is 5.97 Å². The quantitative estimate of drug-likeness (QED) is 0.742. The number of H-pyrrole nitrogens is 1. The van der Waals surface area contributed by atoms with Crippen molar-refractivity contribution in [1.82, 2.24) is 15.2 Å². The Morgan fingerprint density at radius 3 is 2.72 bits per heavy atom. The molecule has 1 amide bonds. The van der Waals surface area contributed by atoms with E-state index < -0.39 is 11.9 Å². The second-order valence-electron chi connectivity index (χ2n) is 4.63. The number of hydrogen-bond acceptors (Lipinski definition) is 4. The van der Waals surface area contributed by atoms with Gasteiger partial charge in [0.2, 0.25) is 11.9 Å². The summed E-state index contributed by atoms with van der Waals surface area (Å²) in [5.41, 5.74) is 0. The maximum atomic E-state index is 11.9. The lowest BCUT2D eigenvalue weighted by Gasteiger charge is -2.25. The van der Waals surface area contributed by atoms with Crippen molar-refractivity contribution < 1.29 is 14.7 Å². The molecule has 0 aromatic carbocycles. The van der Waals surface area contributed by atoms with Gasteiger partial charge in [-0.05, 0) is 26.2 Å². The van der Waals surface area contributed by atoms with Gasteiger partial charge in [-0.15, -0.1) is 5.10 Å². The number of aromatic amines is 1. The van der Waals surface area contributed by atoms with Gasteiger partial charge in [0.1, 0.15) is 5.82 Å². The molecule has 1 aromatic rings. The second kappa shape index (κ2) is 5.16. The Labute approximate surface area is 104 Å². The molecule has 2 atom stereocenters. The first-order chi connectivity index (χ1) is 8.56. The summed E-state index contributed by atoms with van der Waals surface area (Å²) in [5.74, 6) is -0.824. The van der Waals surface area contributed by atoms with Crippen LogP contribution in [0.1, 0.15) is 31.5 Å². The number of hydrogen-bond donors (Lipinski definition) is 3. The summed E-state index contributed by atoms with van der Waals surface area (Å²) in [5, 5.41) is 18.0. The highest BCUT2D eigenvalue weighted by Crippen LogP contribution is 2.29. The summed E-state index contributed by atoms with van der Waals surface area (Å²) in [4.78, 5) is 26.9. The highest BCUT2D eigenvalue weighted by Gasteiger charge is 2.31. The molecule has 1 aromatic heterocycles. The lowest BCUT2D eigenvalue weighted by Crippen LogP contribution is -2.31. The molecule has 1 aliphatic carbocycles. The van der Waals surface area contributed by atoms with Gasteiger partial charge in [0, 0.05) is 5.92 Å². The van der Waals surface area contributed by atoms with E-state index >= 15 is 0 Å². The Bertz CT molecular complexity index is 457. The average molecular weight is 252 g/mol. The van der Waals surface area contributed by atoms with Crippen molar-refractivity contribution in [1.29, 1.82) is 0 Å². The monoisotopic (exact) mass is 252 g/mol. The number of carboxylic acids is 1. The number of anilines is 1. The first-order valence-corrected chi connectivity index (χ1v) is 5.99. The zero-order valence-corrected chi connectivity index (χ0v) is 10.1. The zero-order valence-electron chi connectivity index (χ0n) is 10.1. The van der Waals surface area contributed by atoms with Crippen molar-refractivity contribution >= 4 is 17.8 Å². The van der Waals surface area contributed by atoms with Crippen molar-refractivity contribution in [2.24, 2.45) is 11.8 Å². The van der Waals surface area contributed by atoms with Crippen LogP contribution < -0.4 is 5.32 Å². The topological polar surface area (TPSA) is 108 Å². The SMILES string of the molecule is Cc1nc(NC(=O)[C@@H]2CCC[C@H](C(=O)O)C2)n[nH]1. The molecule has 0 radical (unpaired) electrons. The minimum Gasteiger partial charge on any atom is -0.481 e. The largest absolute Gasteiger partial charge is 0.481 e. The Morgan fingerprint density at radius 1 is 1.39 bits per heavy atom. The minimum atomic E-state index is -0.818. The van der Waals surface area contributed by atoms with E-state index in [0.29, 0.717) is 18.7 Å². The maximum Gasteiger partial charge on any atom is 0.306 e. The van der Waals surface area contributed by atoms with Crippen molar-refractivity contribution in [3.8, 4) is 0 Å². The molecule has 1 fully saturated rings. The lowest BCUT2D eigenvalue weighted by atomic mass is 9.81. The van der Waals surface area contributed by atoms with Crippen LogP contribution in [-0.4, -0.2) is 32.2 Å². The third-order valence-electron chi connectivity index (χ3n) is 3.23. The van der Waals surface area contributed by atoms with Crippen molar-refractivity contribution in [3.05, 3.63) is 5.82 Å². The predicted molar refractivity (Wildman–Crippen MR) is 62.8 cm³/mol. The molecular formula is C11H16N4O3. The van der Waals surface area contributed by atoms with Gasteiger partial charge < -0.3 is 5.11 Å². The smallest absolute Gasteiger partial charge is 0.306 e. The van der Waals surface area contributed by atoms with Crippen LogP contribution in [0.25, 0.3) is 0 Å². The molecule has 7 nitrogen and oxygen atoms in total. The Balaban J connectivity index is 1.94. The summed E-state index contributed by atoms with van der Waals surface area (Å²) < 4.78 is 0. The number of aliphatic carboxylic acids is 1. The van der Waals surface area contributed by atoms with Gasteiger partial charge in [-0.1, -0.05) is 6.42 Å². The van der Waals surface area contributed by atoms with E-state index in [4.69, 9.17) is 5.11 Å². The summed E-state index contributed by atoms with van der Waals surface area (Å²) in [6.45, 7) is 1.74. The van der Waals surface area contributed by atoms with Crippen LogP contribution in [0.2, 0.25) is 0 Å². The standard InChI is InChI=1S/C11H16N4O3/c1-6-12-11(15-14-6)13-9(16)7-3-2-4-8(5-7)10(17)18/h7-8H,2-5H2,1H3,(H,17,18)(H2,12,13,14,15,16)/t7-,8+/m1/s1. The van der Waals surface area contributed by atoms with Crippen LogP contribution in [0, 0.1) is 18.8 Å². The molecule has 2 rings (SSSR count). The number of aryl methyl sites for hydroxylation is 1. The van der Waals surface area contributed by atoms with Gasteiger partial charge in [0.25, 0.3) is 0 Å². The number of rotatable bonds is 3. The summed E-state index contributed by atoms with van der Waals surface area (Å²) in [6.07, 6.45) is 2.53. The molecule has 0 aliphatic heterocycles. The molecule has 0 bridgehead atoms. The normalized spacial score (nSPS) is 23.6. The molecule has 0 saturated heterocycles. The highest BCUT2D eigenvalue weighted by atomic mass is 16.4. The second-order valence-corrected chi connectivity index (χ2v) is 4.63. The summed E-state index contributed by atoms with van der Waals surface area (Å²) in [7, 11) is 0. The molecule has 0 spiro atoms. The molecule has 0 unspecified atom stereocenters. The lowest BCUT2D eigenvalue weighted by molar-refractivity contribution is -0.143. The van der Waals surface area contributed by atoms with Crippen molar-refractivity contribution in [3.63, 3.8) is 0 Å². The Morgan fingerprint density at radius 2 is 2.11 bits per heavy atom. The van der Waals surface area contributed by atoms with E-state index in [9.17, 15) is 9.59 Å². The molecule has 1 heterocycles. The molecule has 3 N–H and O–H groups in total. The average Bonchev–Trinajstić information content (AvgIpc) is 2.75. The van der Waals surface area contributed by atoms with Gasteiger partial charge in [-0.3, -0.25) is 20.0 Å². The van der Waals surface area contributed by atoms with Gasteiger partial charge in [0.15, 0.2) is 0 Å². The first kappa shape index (κ1) is 12.5. The van der Waals surface area contributed by atoms with E-state index in [1.165, 1.54) is 0 Å². The fourth-order valence-electron chi connectivity index (χ4n) is 2.26. The number of carboxylic acid groups (broad SMARTS) is 1. The summed E-state index contributed by atoms with van der Waals surface area (Å²) >= 11 is 0. The van der Waals surface area contributed by atoms with Crippen molar-refractivity contribution in [2.75, 3.05) is 5.32 Å². The molecule has 98 valence electrons. The van der Waals surface area contributed by atoms with Crippen LogP contribution in [0.15, 0.2) is 0 Å². The number of nitrogens with one attached hydrogen (secondary N) is 2. The van der Waals surface area contributed by atoms with Crippen molar-refractivity contribution in [2.45, 2.75) is 32.6 Å². The molecule has 1 aliphatic rings. The van der Waals surface area contributed by atoms with E-state index in [1.807, 2.05) is 0 Å². The number of nitrogens with zero attached hydrogens (tertiary/aromatic N) is 2. The van der Waals surface area contributed by atoms with E-state index in [2.05, 4.69) is 20.5 Å². The number of carbonyl (C=O) groups is 2. The fraction of sp³-hybridized carbons (Fsp3) is 0.636. The number of carbonyl (C=O) groups excluding carboxylic acids is 1. The molecule has 7 heteroatoms. The molecule has 1 saturated carbocycles. The van der Waals surface area contributed by atoms with Crippen LogP contribution in [-0.2, 0) is 9.59 Å². The third-order valence-corrected chi connectivity index (χ3v) is 3.23. The van der Waals surface area contributed by atoms with E-state index in [1.54, 1.807) is 6.92 Å². The van der Waals surface area contributed by atoms with Crippen LogP contribution in [0.4, 0.5) is 5.95 Å². The van der Waals surface area contributed by atoms with Crippen LogP contribution in [0.3, 0.4) is 0 Å². The fourth-order valence-corrected chi connectivity index (χ4v) is 2.26. The Hall–Kier alpha value is -1.92. The van der Waals surface area contributed by atoms with Crippen LogP contribution >= 0.6 is 0 Å². The third kappa shape index (κ3) is 2.85. The highest BCUT2D eigenvalue weighted by molar-refractivity contribution is 5.91. The summed E-state index contributed by atoms with van der Waals surface area (Å²) in [6, 6.07) is 0. The van der Waals surface area contributed by atoms with Gasteiger partial charge in [-0.25, -0.2) is 0 Å². The maximum absolute atomic E-state index is 11.9.